The van der Waals surface area contributed by atoms with Gasteiger partial charge < -0.3 is 5.73 Å². The third kappa shape index (κ3) is 5.09. The normalized spacial score (nSPS) is 13.1. The first-order chi connectivity index (χ1) is 16.5. The van der Waals surface area contributed by atoms with E-state index in [1.807, 2.05) is 32.9 Å². The SMILES string of the molecule is Cc1cc(C)c(-n2c(Cl)cn3c(CC(CCN)Cc4cccc(F)c4)c(C(F)(F)F)nc23)c(C)c1. The highest BCUT2D eigenvalue weighted by molar-refractivity contribution is 6.30. The molecule has 35 heavy (non-hydrogen) atoms. The maximum Gasteiger partial charge on any atom is 0.435 e. The third-order valence-corrected chi connectivity index (χ3v) is 6.51. The van der Waals surface area contributed by atoms with Gasteiger partial charge >= 0.3 is 6.18 Å². The molecule has 4 rings (SSSR count). The van der Waals surface area contributed by atoms with Crippen molar-refractivity contribution in [2.24, 2.45) is 11.7 Å². The summed E-state index contributed by atoms with van der Waals surface area (Å²) in [6.07, 6.45) is -2.23. The van der Waals surface area contributed by atoms with Gasteiger partial charge in [-0.25, -0.2) is 9.37 Å². The van der Waals surface area contributed by atoms with E-state index >= 15 is 0 Å². The van der Waals surface area contributed by atoms with Crippen molar-refractivity contribution in [3.63, 3.8) is 0 Å². The van der Waals surface area contributed by atoms with Gasteiger partial charge in [0, 0.05) is 6.20 Å². The van der Waals surface area contributed by atoms with Gasteiger partial charge in [-0.2, -0.15) is 13.2 Å². The fourth-order valence-corrected chi connectivity index (χ4v) is 5.20. The molecule has 1 unspecified atom stereocenters. The summed E-state index contributed by atoms with van der Waals surface area (Å²) in [6, 6.07) is 10.0. The molecule has 0 fully saturated rings. The number of nitrogens with zero attached hydrogens (tertiary/aromatic N) is 3. The zero-order valence-corrected chi connectivity index (χ0v) is 20.5. The highest BCUT2D eigenvalue weighted by Gasteiger charge is 2.39. The van der Waals surface area contributed by atoms with Crippen LogP contribution in [0, 0.1) is 32.5 Å². The Morgan fingerprint density at radius 3 is 2.34 bits per heavy atom. The predicted octanol–water partition coefficient (Wildman–Crippen LogP) is 6.61. The van der Waals surface area contributed by atoms with E-state index in [-0.39, 0.29) is 34.8 Å². The molecule has 4 aromatic rings. The van der Waals surface area contributed by atoms with E-state index in [4.69, 9.17) is 17.3 Å². The molecule has 9 heteroatoms. The average Bonchev–Trinajstić information content (AvgIpc) is 3.24. The molecule has 2 aromatic carbocycles. The Morgan fingerprint density at radius 2 is 1.74 bits per heavy atom. The summed E-state index contributed by atoms with van der Waals surface area (Å²) in [7, 11) is 0. The first-order valence-electron chi connectivity index (χ1n) is 11.4. The van der Waals surface area contributed by atoms with E-state index in [0.29, 0.717) is 30.6 Å². The third-order valence-electron chi connectivity index (χ3n) is 6.24. The number of fused-ring (bicyclic) bond motifs is 1. The quantitative estimate of drug-likeness (QED) is 0.287. The van der Waals surface area contributed by atoms with Crippen LogP contribution in [0.3, 0.4) is 0 Å². The predicted molar refractivity (Wildman–Crippen MR) is 130 cm³/mol. The summed E-state index contributed by atoms with van der Waals surface area (Å²) in [6.45, 7) is 6.05. The van der Waals surface area contributed by atoms with Gasteiger partial charge in [-0.15, -0.1) is 0 Å². The number of rotatable bonds is 7. The number of benzene rings is 2. The van der Waals surface area contributed by atoms with Crippen LogP contribution in [-0.4, -0.2) is 20.5 Å². The molecule has 2 aromatic heterocycles. The van der Waals surface area contributed by atoms with Crippen molar-refractivity contribution in [3.8, 4) is 5.69 Å². The summed E-state index contributed by atoms with van der Waals surface area (Å²) < 4.78 is 59.1. The van der Waals surface area contributed by atoms with Crippen molar-refractivity contribution in [2.45, 2.75) is 46.2 Å². The maximum atomic E-state index is 14.1. The Kier molecular flexibility index (Phi) is 6.97. The molecule has 0 spiro atoms. The molecule has 2 heterocycles. The minimum Gasteiger partial charge on any atom is -0.330 e. The minimum atomic E-state index is -4.65. The fourth-order valence-electron chi connectivity index (χ4n) is 4.94. The number of hydrogen-bond donors (Lipinski definition) is 1. The van der Waals surface area contributed by atoms with E-state index < -0.39 is 11.9 Å². The lowest BCUT2D eigenvalue weighted by atomic mass is 9.91. The topological polar surface area (TPSA) is 48.2 Å². The van der Waals surface area contributed by atoms with E-state index in [0.717, 1.165) is 16.7 Å². The van der Waals surface area contributed by atoms with Crippen molar-refractivity contribution in [3.05, 3.63) is 87.2 Å². The van der Waals surface area contributed by atoms with Crippen LogP contribution in [-0.2, 0) is 19.0 Å². The summed E-state index contributed by atoms with van der Waals surface area (Å²) in [5.74, 6) is -0.526. The number of halogens is 5. The molecule has 0 aliphatic heterocycles. The molecule has 1 atom stereocenters. The van der Waals surface area contributed by atoms with Crippen LogP contribution in [0.1, 0.15) is 40.1 Å². The van der Waals surface area contributed by atoms with Crippen LogP contribution >= 0.6 is 11.6 Å². The molecule has 0 aliphatic carbocycles. The second-order valence-corrected chi connectivity index (χ2v) is 9.48. The number of hydrogen-bond acceptors (Lipinski definition) is 2. The smallest absolute Gasteiger partial charge is 0.330 e. The van der Waals surface area contributed by atoms with Crippen molar-refractivity contribution in [1.29, 1.82) is 0 Å². The molecule has 0 saturated heterocycles. The highest BCUT2D eigenvalue weighted by Crippen LogP contribution is 2.37. The van der Waals surface area contributed by atoms with E-state index in [1.54, 1.807) is 16.7 Å². The van der Waals surface area contributed by atoms with Gasteiger partial charge in [0.25, 0.3) is 0 Å². The van der Waals surface area contributed by atoms with Crippen molar-refractivity contribution >= 4 is 17.4 Å². The van der Waals surface area contributed by atoms with E-state index in [2.05, 4.69) is 4.98 Å². The summed E-state index contributed by atoms with van der Waals surface area (Å²) in [5, 5.41) is 0.262. The van der Waals surface area contributed by atoms with Crippen LogP contribution in [0.5, 0.6) is 0 Å². The molecule has 4 nitrogen and oxygen atoms in total. The molecule has 2 N–H and O–H groups in total. The number of aryl methyl sites for hydroxylation is 3. The van der Waals surface area contributed by atoms with Crippen LogP contribution in [0.4, 0.5) is 17.6 Å². The summed E-state index contributed by atoms with van der Waals surface area (Å²) in [4.78, 5) is 4.05. The van der Waals surface area contributed by atoms with Crippen LogP contribution in [0.2, 0.25) is 5.15 Å². The fraction of sp³-hybridized carbons (Fsp3) is 0.346. The standard InChI is InChI=1S/C26H27ClF4N4/c1-15-9-16(2)23(17(3)10-15)35-22(27)14-34-21(24(26(29,30)31)33-25(34)35)13-19(7-8-32)11-18-5-4-6-20(28)12-18/h4-6,9-10,12,14,19H,7-8,11,13,32H2,1-3H3. The van der Waals surface area contributed by atoms with Gasteiger partial charge in [0.15, 0.2) is 5.69 Å². The van der Waals surface area contributed by atoms with Gasteiger partial charge in [-0.1, -0.05) is 41.4 Å². The summed E-state index contributed by atoms with van der Waals surface area (Å²) >= 11 is 6.57. The second kappa shape index (κ2) is 9.66. The van der Waals surface area contributed by atoms with Crippen LogP contribution in [0.15, 0.2) is 42.6 Å². The minimum absolute atomic E-state index is 0.0189. The Balaban J connectivity index is 1.85. The number of imidazole rings is 2. The van der Waals surface area contributed by atoms with Gasteiger partial charge in [0.1, 0.15) is 11.0 Å². The number of alkyl halides is 3. The van der Waals surface area contributed by atoms with Gasteiger partial charge in [-0.05, 0) is 81.3 Å². The van der Waals surface area contributed by atoms with Crippen molar-refractivity contribution in [1.82, 2.24) is 14.0 Å². The Bertz CT molecular complexity index is 1350. The first kappa shape index (κ1) is 25.3. The zero-order valence-electron chi connectivity index (χ0n) is 19.8. The van der Waals surface area contributed by atoms with Gasteiger partial charge in [0.2, 0.25) is 5.78 Å². The monoisotopic (exact) mass is 506 g/mol. The van der Waals surface area contributed by atoms with E-state index in [9.17, 15) is 17.6 Å². The lowest BCUT2D eigenvalue weighted by Gasteiger charge is -2.17. The molecule has 0 saturated carbocycles. The Hall–Kier alpha value is -2.84. The average molecular weight is 507 g/mol. The summed E-state index contributed by atoms with van der Waals surface area (Å²) in [5.41, 5.74) is 9.09. The Morgan fingerprint density at radius 1 is 1.06 bits per heavy atom. The van der Waals surface area contributed by atoms with Gasteiger partial charge in [-0.3, -0.25) is 8.97 Å². The molecular formula is C26H27ClF4N4. The molecule has 0 aliphatic rings. The van der Waals surface area contributed by atoms with Crippen LogP contribution in [0.25, 0.3) is 11.5 Å². The van der Waals surface area contributed by atoms with Crippen LogP contribution < -0.4 is 5.73 Å². The first-order valence-corrected chi connectivity index (χ1v) is 11.8. The zero-order chi connectivity index (χ0) is 25.5. The largest absolute Gasteiger partial charge is 0.435 e. The van der Waals surface area contributed by atoms with Crippen molar-refractivity contribution < 1.29 is 17.6 Å². The molecule has 186 valence electrons. The lowest BCUT2D eigenvalue weighted by Crippen LogP contribution is -2.18. The van der Waals surface area contributed by atoms with E-state index in [1.165, 1.54) is 22.7 Å². The molecule has 0 amide bonds. The number of aromatic nitrogens is 3. The Labute approximate surface area is 206 Å². The molecular weight excluding hydrogens is 480 g/mol. The van der Waals surface area contributed by atoms with Crippen molar-refractivity contribution in [2.75, 3.05) is 6.54 Å². The molecule has 0 bridgehead atoms. The lowest BCUT2D eigenvalue weighted by molar-refractivity contribution is -0.141. The second-order valence-electron chi connectivity index (χ2n) is 9.09. The maximum absolute atomic E-state index is 14.1. The highest BCUT2D eigenvalue weighted by atomic mass is 35.5. The number of nitrogens with two attached hydrogens (primary N) is 1. The van der Waals surface area contributed by atoms with Gasteiger partial charge in [0.05, 0.1) is 11.4 Å². The molecule has 0 radical (unpaired) electrons.